The second-order valence-corrected chi connectivity index (χ2v) is 7.82. The highest BCUT2D eigenvalue weighted by atomic mass is 35.5. The molecule has 8 heteroatoms. The molecule has 0 bridgehead atoms. The van der Waals surface area contributed by atoms with Crippen LogP contribution in [0.2, 0.25) is 5.02 Å². The van der Waals surface area contributed by atoms with Gasteiger partial charge in [-0.05, 0) is 39.2 Å². The third-order valence-electron chi connectivity index (χ3n) is 4.65. The fraction of sp³-hybridized carbons (Fsp3) is 0.667. The Morgan fingerprint density at radius 2 is 1.96 bits per heavy atom. The Balaban J connectivity index is 1.97. The van der Waals surface area contributed by atoms with Crippen LogP contribution in [0.4, 0.5) is 19.0 Å². The van der Waals surface area contributed by atoms with Gasteiger partial charge in [-0.3, -0.25) is 4.79 Å². The predicted molar refractivity (Wildman–Crippen MR) is 96.3 cm³/mol. The Labute approximate surface area is 157 Å². The van der Waals surface area contributed by atoms with Crippen LogP contribution >= 0.6 is 11.6 Å². The summed E-state index contributed by atoms with van der Waals surface area (Å²) in [4.78, 5) is 18.2. The maximum Gasteiger partial charge on any atom is 0.417 e. The zero-order chi connectivity index (χ0) is 19.5. The fourth-order valence-corrected chi connectivity index (χ4v) is 3.58. The Morgan fingerprint density at radius 3 is 2.46 bits per heavy atom. The summed E-state index contributed by atoms with van der Waals surface area (Å²) in [5.41, 5.74) is -1.10. The van der Waals surface area contributed by atoms with E-state index in [-0.39, 0.29) is 22.4 Å². The molecule has 0 atom stereocenters. The number of hydrogen-bond acceptors (Lipinski definition) is 3. The van der Waals surface area contributed by atoms with E-state index in [0.717, 1.165) is 25.1 Å². The van der Waals surface area contributed by atoms with Crippen LogP contribution in [0.5, 0.6) is 0 Å². The fourth-order valence-electron chi connectivity index (χ4n) is 3.29. The number of rotatable bonds is 5. The first kappa shape index (κ1) is 20.8. The van der Waals surface area contributed by atoms with Crippen molar-refractivity contribution in [2.75, 3.05) is 18.0 Å². The summed E-state index contributed by atoms with van der Waals surface area (Å²) in [6.45, 7) is 7.16. The number of nitrogens with one attached hydrogen (secondary N) is 1. The zero-order valence-corrected chi connectivity index (χ0v) is 16.0. The van der Waals surface area contributed by atoms with Crippen LogP contribution < -0.4 is 10.2 Å². The number of aromatic nitrogens is 1. The normalized spacial score (nSPS) is 16.7. The van der Waals surface area contributed by atoms with Crippen LogP contribution in [-0.2, 0) is 11.0 Å². The molecule has 1 aliphatic heterocycles. The Hall–Kier alpha value is -1.50. The molecule has 4 nitrogen and oxygen atoms in total. The van der Waals surface area contributed by atoms with Crippen LogP contribution in [0.25, 0.3) is 0 Å². The number of hydrogen-bond donors (Lipinski definition) is 1. The first-order valence-electron chi connectivity index (χ1n) is 8.83. The van der Waals surface area contributed by atoms with Crippen molar-refractivity contribution in [1.82, 2.24) is 10.3 Å². The summed E-state index contributed by atoms with van der Waals surface area (Å²) >= 11 is 6.01. The minimum Gasteiger partial charge on any atom is -0.355 e. The SMILES string of the molecule is CCCC(C)(C)NC(=O)C1CCN(c2ncc(C(F)(F)F)cc2Cl)CC1. The molecule has 1 N–H and O–H groups in total. The molecule has 0 radical (unpaired) electrons. The molecule has 0 unspecified atom stereocenters. The molecule has 146 valence electrons. The molecule has 0 saturated carbocycles. The van der Waals surface area contributed by atoms with Crippen molar-refractivity contribution in [1.29, 1.82) is 0 Å². The van der Waals surface area contributed by atoms with E-state index in [1.54, 1.807) is 0 Å². The quantitative estimate of drug-likeness (QED) is 0.793. The number of carbonyl (C=O) groups excluding carboxylic acids is 1. The van der Waals surface area contributed by atoms with Crippen molar-refractivity contribution in [2.45, 2.75) is 58.2 Å². The average Bonchev–Trinajstić information content (AvgIpc) is 2.53. The third-order valence-corrected chi connectivity index (χ3v) is 4.93. The van der Waals surface area contributed by atoms with Gasteiger partial charge in [0, 0.05) is 30.7 Å². The highest BCUT2D eigenvalue weighted by Gasteiger charge is 2.33. The molecule has 0 aliphatic carbocycles. The molecular formula is C18H25ClF3N3O. The Bertz CT molecular complexity index is 641. The van der Waals surface area contributed by atoms with E-state index >= 15 is 0 Å². The molecule has 1 aromatic heterocycles. The molecule has 1 saturated heterocycles. The van der Waals surface area contributed by atoms with E-state index in [0.29, 0.717) is 31.7 Å². The number of pyridine rings is 1. The molecule has 1 aromatic rings. The van der Waals surface area contributed by atoms with Crippen LogP contribution in [0.1, 0.15) is 52.0 Å². The predicted octanol–water partition coefficient (Wildman–Crippen LogP) is 4.67. The van der Waals surface area contributed by atoms with Gasteiger partial charge in [0.25, 0.3) is 0 Å². The first-order chi connectivity index (χ1) is 12.0. The van der Waals surface area contributed by atoms with Crippen molar-refractivity contribution in [3.05, 3.63) is 22.8 Å². The van der Waals surface area contributed by atoms with E-state index in [1.807, 2.05) is 18.7 Å². The molecule has 26 heavy (non-hydrogen) atoms. The highest BCUT2D eigenvalue weighted by molar-refractivity contribution is 6.33. The molecule has 0 aromatic carbocycles. The number of amides is 1. The topological polar surface area (TPSA) is 45.2 Å². The van der Waals surface area contributed by atoms with E-state index in [4.69, 9.17) is 11.6 Å². The largest absolute Gasteiger partial charge is 0.417 e. The van der Waals surface area contributed by atoms with Crippen LogP contribution in [0.15, 0.2) is 12.3 Å². The van der Waals surface area contributed by atoms with Gasteiger partial charge in [-0.1, -0.05) is 24.9 Å². The monoisotopic (exact) mass is 391 g/mol. The lowest BCUT2D eigenvalue weighted by Gasteiger charge is -2.35. The number of nitrogens with zero attached hydrogens (tertiary/aromatic N) is 2. The van der Waals surface area contributed by atoms with Crippen LogP contribution in [-0.4, -0.2) is 29.5 Å². The summed E-state index contributed by atoms with van der Waals surface area (Å²) in [6, 6.07) is 0.899. The smallest absolute Gasteiger partial charge is 0.355 e. The zero-order valence-electron chi connectivity index (χ0n) is 15.3. The van der Waals surface area contributed by atoms with Crippen molar-refractivity contribution < 1.29 is 18.0 Å². The van der Waals surface area contributed by atoms with Gasteiger partial charge in [-0.2, -0.15) is 13.2 Å². The summed E-state index contributed by atoms with van der Waals surface area (Å²) in [5.74, 6) is 0.273. The first-order valence-corrected chi connectivity index (χ1v) is 9.21. The molecular weight excluding hydrogens is 367 g/mol. The van der Waals surface area contributed by atoms with Crippen LogP contribution in [0.3, 0.4) is 0 Å². The maximum absolute atomic E-state index is 12.7. The number of carbonyl (C=O) groups is 1. The minimum atomic E-state index is -4.47. The lowest BCUT2D eigenvalue weighted by atomic mass is 9.92. The number of piperidine rings is 1. The van der Waals surface area contributed by atoms with Gasteiger partial charge in [-0.15, -0.1) is 0 Å². The van der Waals surface area contributed by atoms with Crippen molar-refractivity contribution >= 4 is 23.3 Å². The molecule has 1 fully saturated rings. The van der Waals surface area contributed by atoms with E-state index < -0.39 is 11.7 Å². The summed E-state index contributed by atoms with van der Waals surface area (Å²) in [6.07, 6.45) is -0.536. The number of halogens is 4. The van der Waals surface area contributed by atoms with Gasteiger partial charge in [0.05, 0.1) is 10.6 Å². The summed E-state index contributed by atoms with van der Waals surface area (Å²) in [5, 5.41) is 3.07. The van der Waals surface area contributed by atoms with Gasteiger partial charge < -0.3 is 10.2 Å². The third kappa shape index (κ3) is 5.25. The average molecular weight is 392 g/mol. The van der Waals surface area contributed by atoms with Crippen molar-refractivity contribution in [2.24, 2.45) is 5.92 Å². The molecule has 0 spiro atoms. The Kier molecular flexibility index (Phi) is 6.42. The number of alkyl halides is 3. The second-order valence-electron chi connectivity index (χ2n) is 7.41. The van der Waals surface area contributed by atoms with Gasteiger partial charge >= 0.3 is 6.18 Å². The summed E-state index contributed by atoms with van der Waals surface area (Å²) in [7, 11) is 0. The van der Waals surface area contributed by atoms with E-state index in [1.165, 1.54) is 0 Å². The molecule has 2 rings (SSSR count). The second kappa shape index (κ2) is 8.03. The molecule has 1 aliphatic rings. The standard InChI is InChI=1S/C18H25ClF3N3O/c1-4-7-17(2,3)24-16(26)12-5-8-25(9-6-12)15-14(19)10-13(11-23-15)18(20,21)22/h10-12H,4-9H2,1-3H3,(H,24,26). The maximum atomic E-state index is 12.7. The van der Waals surface area contributed by atoms with Gasteiger partial charge in [0.15, 0.2) is 0 Å². The van der Waals surface area contributed by atoms with Gasteiger partial charge in [-0.25, -0.2) is 4.98 Å². The van der Waals surface area contributed by atoms with Gasteiger partial charge in [0.1, 0.15) is 5.82 Å². The number of anilines is 1. The van der Waals surface area contributed by atoms with Crippen molar-refractivity contribution in [3.63, 3.8) is 0 Å². The molecule has 2 heterocycles. The minimum absolute atomic E-state index is 0.0215. The highest BCUT2D eigenvalue weighted by Crippen LogP contribution is 2.34. The summed E-state index contributed by atoms with van der Waals surface area (Å²) < 4.78 is 38.1. The lowest BCUT2D eigenvalue weighted by Crippen LogP contribution is -2.48. The van der Waals surface area contributed by atoms with Crippen molar-refractivity contribution in [3.8, 4) is 0 Å². The Morgan fingerprint density at radius 1 is 1.35 bits per heavy atom. The van der Waals surface area contributed by atoms with E-state index in [9.17, 15) is 18.0 Å². The molecule has 1 amide bonds. The van der Waals surface area contributed by atoms with Crippen LogP contribution in [0, 0.1) is 5.92 Å². The van der Waals surface area contributed by atoms with E-state index in [2.05, 4.69) is 17.2 Å². The lowest BCUT2D eigenvalue weighted by molar-refractivity contribution is -0.137. The van der Waals surface area contributed by atoms with Gasteiger partial charge in [0.2, 0.25) is 5.91 Å².